The molecule has 3 heterocycles. The second-order valence-electron chi connectivity index (χ2n) is 6.86. The Hall–Kier alpha value is -3.71. The minimum absolute atomic E-state index is 0.117. The van der Waals surface area contributed by atoms with E-state index in [0.717, 1.165) is 17.5 Å². The number of rotatable bonds is 7. The standard InChI is InChI=1S/C21H17ClF3N7O2S/c1-11(31-18(33)4-3-15(26-2)12-6-27-10-28-7-12)20-30-9-16(35-20)19(34)32-17-5-13(21(23,24)25)14(22)8-29-17/h3-11H,1-2H3,(H,31,33)(H,29,32,34)/b4-3+,26-15+. The predicted molar refractivity (Wildman–Crippen MR) is 125 cm³/mol. The van der Waals surface area contributed by atoms with Crippen LogP contribution in [0.2, 0.25) is 5.02 Å². The summed E-state index contributed by atoms with van der Waals surface area (Å²) in [5, 5.41) is 4.83. The summed E-state index contributed by atoms with van der Waals surface area (Å²) < 4.78 is 39.0. The highest BCUT2D eigenvalue weighted by atomic mass is 35.5. The lowest BCUT2D eigenvalue weighted by atomic mass is 10.2. The van der Waals surface area contributed by atoms with Crippen molar-refractivity contribution in [2.75, 3.05) is 12.4 Å². The van der Waals surface area contributed by atoms with Crippen LogP contribution in [-0.4, -0.2) is 44.5 Å². The smallest absolute Gasteiger partial charge is 0.344 e. The number of alkyl halides is 3. The SMILES string of the molecule is C/N=C(\C=C\C(=O)NC(C)c1ncc(C(=O)Nc2cc(C(F)(F)F)c(Cl)cn2)s1)c1cncnc1. The number of amides is 2. The second-order valence-corrected chi connectivity index (χ2v) is 8.33. The lowest BCUT2D eigenvalue weighted by Crippen LogP contribution is -2.24. The number of hydrogen-bond donors (Lipinski definition) is 2. The molecule has 0 aliphatic carbocycles. The van der Waals surface area contributed by atoms with Crippen molar-refractivity contribution in [2.24, 2.45) is 4.99 Å². The van der Waals surface area contributed by atoms with Crippen molar-refractivity contribution in [3.05, 3.63) is 75.4 Å². The van der Waals surface area contributed by atoms with Gasteiger partial charge in [-0.05, 0) is 19.1 Å². The van der Waals surface area contributed by atoms with Gasteiger partial charge in [-0.25, -0.2) is 19.9 Å². The number of nitrogens with zero attached hydrogens (tertiary/aromatic N) is 5. The number of carbonyl (C=O) groups excluding carboxylic acids is 2. The molecule has 1 atom stereocenters. The molecule has 2 N–H and O–H groups in total. The molecular formula is C21H17ClF3N7O2S. The van der Waals surface area contributed by atoms with E-state index in [1.807, 2.05) is 0 Å². The van der Waals surface area contributed by atoms with Gasteiger partial charge in [0.1, 0.15) is 22.0 Å². The van der Waals surface area contributed by atoms with E-state index < -0.39 is 34.6 Å². The number of hydrogen-bond acceptors (Lipinski definition) is 8. The van der Waals surface area contributed by atoms with Gasteiger partial charge < -0.3 is 10.6 Å². The Bertz CT molecular complexity index is 1280. The molecule has 3 rings (SSSR count). The number of anilines is 1. The molecular weight excluding hydrogens is 507 g/mol. The van der Waals surface area contributed by atoms with Crippen LogP contribution in [0.3, 0.4) is 0 Å². The number of allylic oxidation sites excluding steroid dienone is 1. The maximum absolute atomic E-state index is 13.0. The zero-order chi connectivity index (χ0) is 25.6. The molecule has 0 bridgehead atoms. The Morgan fingerprint density at radius 2 is 1.86 bits per heavy atom. The molecule has 0 radical (unpaired) electrons. The lowest BCUT2D eigenvalue weighted by molar-refractivity contribution is -0.137. The lowest BCUT2D eigenvalue weighted by Gasteiger charge is -2.10. The van der Waals surface area contributed by atoms with Crippen LogP contribution in [0.1, 0.15) is 38.8 Å². The fourth-order valence-corrected chi connectivity index (χ4v) is 3.73. The fraction of sp³-hybridized carbons (Fsp3) is 0.190. The summed E-state index contributed by atoms with van der Waals surface area (Å²) in [5.74, 6) is -1.45. The van der Waals surface area contributed by atoms with Crippen molar-refractivity contribution >= 4 is 46.3 Å². The van der Waals surface area contributed by atoms with Crippen molar-refractivity contribution in [3.63, 3.8) is 0 Å². The molecule has 0 saturated heterocycles. The number of halogens is 4. The topological polar surface area (TPSA) is 122 Å². The van der Waals surface area contributed by atoms with Crippen LogP contribution in [0.4, 0.5) is 19.0 Å². The molecule has 0 fully saturated rings. The number of aromatic nitrogens is 4. The van der Waals surface area contributed by atoms with E-state index in [9.17, 15) is 22.8 Å². The molecule has 1 unspecified atom stereocenters. The van der Waals surface area contributed by atoms with E-state index in [1.165, 1.54) is 24.7 Å². The van der Waals surface area contributed by atoms with E-state index in [0.29, 0.717) is 22.3 Å². The van der Waals surface area contributed by atoms with Crippen molar-refractivity contribution in [2.45, 2.75) is 19.1 Å². The first-order valence-electron chi connectivity index (χ1n) is 9.79. The Balaban J connectivity index is 1.63. The molecule has 3 aromatic heterocycles. The molecule has 3 aromatic rings. The molecule has 2 amide bonds. The van der Waals surface area contributed by atoms with E-state index in [1.54, 1.807) is 26.4 Å². The summed E-state index contributed by atoms with van der Waals surface area (Å²) in [6, 6.07) is 0.0959. The van der Waals surface area contributed by atoms with Gasteiger partial charge in [-0.2, -0.15) is 13.2 Å². The summed E-state index contributed by atoms with van der Waals surface area (Å²) in [6.07, 6.45) is 4.67. The van der Waals surface area contributed by atoms with Crippen LogP contribution in [0.5, 0.6) is 0 Å². The van der Waals surface area contributed by atoms with Crippen molar-refractivity contribution < 1.29 is 22.8 Å². The van der Waals surface area contributed by atoms with Crippen LogP contribution in [0.25, 0.3) is 0 Å². The summed E-state index contributed by atoms with van der Waals surface area (Å²) in [4.78, 5) is 44.6. The van der Waals surface area contributed by atoms with Gasteiger partial charge in [0.2, 0.25) is 5.91 Å². The first-order chi connectivity index (χ1) is 16.6. The molecule has 0 aromatic carbocycles. The van der Waals surface area contributed by atoms with Crippen LogP contribution >= 0.6 is 22.9 Å². The number of pyridine rings is 1. The minimum Gasteiger partial charge on any atom is -0.344 e. The first-order valence-corrected chi connectivity index (χ1v) is 11.0. The summed E-state index contributed by atoms with van der Waals surface area (Å²) >= 11 is 6.51. The number of nitrogens with one attached hydrogen (secondary N) is 2. The van der Waals surface area contributed by atoms with Gasteiger partial charge >= 0.3 is 6.18 Å². The Morgan fingerprint density at radius 3 is 2.51 bits per heavy atom. The van der Waals surface area contributed by atoms with Gasteiger partial charge in [0.15, 0.2) is 0 Å². The van der Waals surface area contributed by atoms with Gasteiger partial charge in [-0.15, -0.1) is 11.3 Å². The van der Waals surface area contributed by atoms with Gasteiger partial charge in [0.25, 0.3) is 5.91 Å². The number of aliphatic imine (C=N–C) groups is 1. The molecule has 35 heavy (non-hydrogen) atoms. The normalized spacial score (nSPS) is 13.0. The van der Waals surface area contributed by atoms with Crippen molar-refractivity contribution in [3.8, 4) is 0 Å². The highest BCUT2D eigenvalue weighted by Gasteiger charge is 2.34. The maximum Gasteiger partial charge on any atom is 0.418 e. The third-order valence-corrected chi connectivity index (χ3v) is 5.85. The highest BCUT2D eigenvalue weighted by molar-refractivity contribution is 7.13. The summed E-state index contributed by atoms with van der Waals surface area (Å²) in [7, 11) is 1.57. The van der Waals surface area contributed by atoms with E-state index >= 15 is 0 Å². The Morgan fingerprint density at radius 1 is 1.14 bits per heavy atom. The van der Waals surface area contributed by atoms with Crippen LogP contribution in [0.15, 0.2) is 54.3 Å². The molecule has 0 saturated carbocycles. The Labute approximate surface area is 206 Å². The van der Waals surface area contributed by atoms with Crippen LogP contribution in [0, 0.1) is 0 Å². The van der Waals surface area contributed by atoms with Crippen LogP contribution < -0.4 is 10.6 Å². The summed E-state index contributed by atoms with van der Waals surface area (Å²) in [6.45, 7) is 1.67. The van der Waals surface area contributed by atoms with Gasteiger partial charge in [0, 0.05) is 37.3 Å². The fourth-order valence-electron chi connectivity index (χ4n) is 2.70. The average molecular weight is 524 g/mol. The third-order valence-electron chi connectivity index (χ3n) is 4.37. The largest absolute Gasteiger partial charge is 0.418 e. The maximum atomic E-state index is 13.0. The van der Waals surface area contributed by atoms with Gasteiger partial charge in [0.05, 0.1) is 28.5 Å². The number of carbonyl (C=O) groups is 2. The molecule has 14 heteroatoms. The van der Waals surface area contributed by atoms with Gasteiger partial charge in [-0.1, -0.05) is 11.6 Å². The third kappa shape index (κ3) is 6.90. The monoisotopic (exact) mass is 523 g/mol. The predicted octanol–water partition coefficient (Wildman–Crippen LogP) is 4.11. The zero-order valence-corrected chi connectivity index (χ0v) is 19.7. The van der Waals surface area contributed by atoms with E-state index in [2.05, 4.69) is 35.6 Å². The first kappa shape index (κ1) is 25.9. The van der Waals surface area contributed by atoms with Crippen LogP contribution in [-0.2, 0) is 11.0 Å². The van der Waals surface area contributed by atoms with Crippen molar-refractivity contribution in [1.82, 2.24) is 25.3 Å². The minimum atomic E-state index is -4.70. The number of thiazole rings is 1. The zero-order valence-electron chi connectivity index (χ0n) is 18.2. The van der Waals surface area contributed by atoms with Crippen molar-refractivity contribution in [1.29, 1.82) is 0 Å². The van der Waals surface area contributed by atoms with E-state index in [-0.39, 0.29) is 10.7 Å². The molecule has 0 aliphatic rings. The summed E-state index contributed by atoms with van der Waals surface area (Å²) in [5.41, 5.74) is 0.0289. The van der Waals surface area contributed by atoms with Gasteiger partial charge in [-0.3, -0.25) is 14.6 Å². The molecule has 0 aliphatic heterocycles. The molecule has 182 valence electrons. The Kier molecular flexibility index (Phi) is 8.25. The average Bonchev–Trinajstić information content (AvgIpc) is 3.31. The highest BCUT2D eigenvalue weighted by Crippen LogP contribution is 2.35. The second kappa shape index (κ2) is 11.1. The molecule has 9 nitrogen and oxygen atoms in total. The molecule has 0 spiro atoms. The quantitative estimate of drug-likeness (QED) is 0.355. The van der Waals surface area contributed by atoms with E-state index in [4.69, 9.17) is 11.6 Å².